The molecule has 0 amide bonds. The summed E-state index contributed by atoms with van der Waals surface area (Å²) in [4.78, 5) is 11.4. The van der Waals surface area contributed by atoms with Gasteiger partial charge in [0, 0.05) is 0 Å². The maximum absolute atomic E-state index is 11.4. The summed E-state index contributed by atoms with van der Waals surface area (Å²) in [5.41, 5.74) is 1.76. The summed E-state index contributed by atoms with van der Waals surface area (Å²) in [5, 5.41) is 9.37. The van der Waals surface area contributed by atoms with Gasteiger partial charge in [-0.3, -0.25) is 4.79 Å². The van der Waals surface area contributed by atoms with Crippen LogP contribution in [0.3, 0.4) is 0 Å². The van der Waals surface area contributed by atoms with Crippen LogP contribution in [0, 0.1) is 18.3 Å². The topological polar surface area (TPSA) is 37.3 Å². The standard InChI is InChI=1S/C14H18O2/c1-10-4-3-5-11(8-10)9-14(2,13(15)16)12-6-7-12/h3-5,8,12H,6-7,9H2,1-2H3,(H,15,16). The van der Waals surface area contributed by atoms with Gasteiger partial charge in [0.1, 0.15) is 0 Å². The largest absolute Gasteiger partial charge is 0.481 e. The van der Waals surface area contributed by atoms with Gasteiger partial charge in [-0.1, -0.05) is 29.8 Å². The molecule has 1 aromatic rings. The molecule has 2 nitrogen and oxygen atoms in total. The molecule has 0 aliphatic heterocycles. The van der Waals surface area contributed by atoms with Crippen LogP contribution in [0.25, 0.3) is 0 Å². The smallest absolute Gasteiger partial charge is 0.309 e. The Morgan fingerprint density at radius 3 is 2.69 bits per heavy atom. The lowest BCUT2D eigenvalue weighted by Crippen LogP contribution is -2.32. The highest BCUT2D eigenvalue weighted by Crippen LogP contribution is 2.47. The molecule has 0 aromatic heterocycles. The predicted octanol–water partition coefficient (Wildman–Crippen LogP) is 3.04. The third-order valence-electron chi connectivity index (χ3n) is 3.62. The molecule has 1 atom stereocenters. The lowest BCUT2D eigenvalue weighted by Gasteiger charge is -2.24. The number of hydrogen-bond acceptors (Lipinski definition) is 1. The molecule has 0 spiro atoms. The number of carboxylic acid groups (broad SMARTS) is 1. The molecule has 2 rings (SSSR count). The van der Waals surface area contributed by atoms with Crippen LogP contribution >= 0.6 is 0 Å². The van der Waals surface area contributed by atoms with Gasteiger partial charge in [0.2, 0.25) is 0 Å². The monoisotopic (exact) mass is 218 g/mol. The van der Waals surface area contributed by atoms with E-state index in [0.29, 0.717) is 12.3 Å². The van der Waals surface area contributed by atoms with Gasteiger partial charge in [-0.15, -0.1) is 0 Å². The molecule has 2 heteroatoms. The van der Waals surface area contributed by atoms with Gasteiger partial charge >= 0.3 is 5.97 Å². The minimum Gasteiger partial charge on any atom is -0.481 e. The van der Waals surface area contributed by atoms with Crippen molar-refractivity contribution in [3.05, 3.63) is 35.4 Å². The first kappa shape index (κ1) is 11.2. The van der Waals surface area contributed by atoms with Crippen molar-refractivity contribution in [1.82, 2.24) is 0 Å². The molecule has 0 radical (unpaired) electrons. The summed E-state index contributed by atoms with van der Waals surface area (Å²) in [6.07, 6.45) is 2.78. The van der Waals surface area contributed by atoms with Gasteiger partial charge < -0.3 is 5.11 Å². The minimum atomic E-state index is -0.656. The Morgan fingerprint density at radius 1 is 1.50 bits per heavy atom. The molecule has 0 bridgehead atoms. The maximum atomic E-state index is 11.4. The zero-order chi connectivity index (χ0) is 11.8. The first-order valence-electron chi connectivity index (χ1n) is 5.81. The second-order valence-corrected chi connectivity index (χ2v) is 5.16. The normalized spacial score (nSPS) is 19.1. The Kier molecular flexibility index (Phi) is 2.75. The van der Waals surface area contributed by atoms with Gasteiger partial charge in [0.05, 0.1) is 5.41 Å². The van der Waals surface area contributed by atoms with Crippen molar-refractivity contribution in [2.24, 2.45) is 11.3 Å². The predicted molar refractivity (Wildman–Crippen MR) is 63.3 cm³/mol. The number of carbonyl (C=O) groups is 1. The number of aliphatic carboxylic acids is 1. The fourth-order valence-electron chi connectivity index (χ4n) is 2.36. The highest BCUT2D eigenvalue weighted by molar-refractivity contribution is 5.75. The first-order valence-corrected chi connectivity index (χ1v) is 5.81. The van der Waals surface area contributed by atoms with Gasteiger partial charge in [-0.2, -0.15) is 0 Å². The summed E-state index contributed by atoms with van der Waals surface area (Å²) < 4.78 is 0. The molecule has 16 heavy (non-hydrogen) atoms. The van der Waals surface area contributed by atoms with Crippen LogP contribution in [-0.2, 0) is 11.2 Å². The molecular formula is C14H18O2. The average Bonchev–Trinajstić information content (AvgIpc) is 3.00. The Bertz CT molecular complexity index is 407. The molecular weight excluding hydrogens is 200 g/mol. The molecule has 1 fully saturated rings. The van der Waals surface area contributed by atoms with Crippen LogP contribution < -0.4 is 0 Å². The SMILES string of the molecule is Cc1cccc(CC(C)(C(=O)O)C2CC2)c1. The van der Waals surface area contributed by atoms with Crippen molar-refractivity contribution in [3.63, 3.8) is 0 Å². The van der Waals surface area contributed by atoms with Crippen molar-refractivity contribution in [2.45, 2.75) is 33.1 Å². The molecule has 1 unspecified atom stereocenters. The zero-order valence-corrected chi connectivity index (χ0v) is 9.86. The fraction of sp³-hybridized carbons (Fsp3) is 0.500. The Morgan fingerprint density at radius 2 is 2.19 bits per heavy atom. The number of benzene rings is 1. The van der Waals surface area contributed by atoms with E-state index >= 15 is 0 Å². The van der Waals surface area contributed by atoms with E-state index in [1.807, 2.05) is 32.0 Å². The van der Waals surface area contributed by atoms with Gasteiger partial charge in [-0.05, 0) is 44.6 Å². The lowest BCUT2D eigenvalue weighted by molar-refractivity contribution is -0.149. The Balaban J connectivity index is 2.21. The molecule has 1 N–H and O–H groups in total. The zero-order valence-electron chi connectivity index (χ0n) is 9.86. The molecule has 0 heterocycles. The fourth-order valence-corrected chi connectivity index (χ4v) is 2.36. The van der Waals surface area contributed by atoms with E-state index < -0.39 is 11.4 Å². The van der Waals surface area contributed by atoms with Crippen LogP contribution in [0.5, 0.6) is 0 Å². The maximum Gasteiger partial charge on any atom is 0.309 e. The third-order valence-corrected chi connectivity index (χ3v) is 3.62. The molecule has 1 aliphatic carbocycles. The number of hydrogen-bond donors (Lipinski definition) is 1. The van der Waals surface area contributed by atoms with Gasteiger partial charge in [-0.25, -0.2) is 0 Å². The van der Waals surface area contributed by atoms with Crippen molar-refractivity contribution < 1.29 is 9.90 Å². The molecule has 1 aromatic carbocycles. The molecule has 1 saturated carbocycles. The highest BCUT2D eigenvalue weighted by atomic mass is 16.4. The lowest BCUT2D eigenvalue weighted by atomic mass is 9.79. The molecule has 0 saturated heterocycles. The average molecular weight is 218 g/mol. The summed E-state index contributed by atoms with van der Waals surface area (Å²) in [6, 6.07) is 8.15. The van der Waals surface area contributed by atoms with Crippen LogP contribution in [0.4, 0.5) is 0 Å². The van der Waals surface area contributed by atoms with E-state index in [1.165, 1.54) is 5.56 Å². The van der Waals surface area contributed by atoms with Gasteiger partial charge in [0.15, 0.2) is 0 Å². The summed E-state index contributed by atoms with van der Waals surface area (Å²) in [5.74, 6) is -0.290. The van der Waals surface area contributed by atoms with E-state index in [2.05, 4.69) is 6.07 Å². The van der Waals surface area contributed by atoms with Crippen LogP contribution in [0.2, 0.25) is 0 Å². The quantitative estimate of drug-likeness (QED) is 0.843. The second kappa shape index (κ2) is 3.93. The van der Waals surface area contributed by atoms with E-state index in [4.69, 9.17) is 0 Å². The number of carboxylic acids is 1. The van der Waals surface area contributed by atoms with Gasteiger partial charge in [0.25, 0.3) is 0 Å². The van der Waals surface area contributed by atoms with E-state index in [9.17, 15) is 9.90 Å². The van der Waals surface area contributed by atoms with Crippen molar-refractivity contribution >= 4 is 5.97 Å². The number of rotatable bonds is 4. The number of aryl methyl sites for hydroxylation is 1. The summed E-state index contributed by atoms with van der Waals surface area (Å²) >= 11 is 0. The molecule has 1 aliphatic rings. The van der Waals surface area contributed by atoms with Crippen LogP contribution in [0.1, 0.15) is 30.9 Å². The van der Waals surface area contributed by atoms with Crippen LogP contribution in [0.15, 0.2) is 24.3 Å². The van der Waals surface area contributed by atoms with E-state index in [1.54, 1.807) is 0 Å². The highest BCUT2D eigenvalue weighted by Gasteiger charge is 2.47. The summed E-state index contributed by atoms with van der Waals surface area (Å²) in [6.45, 7) is 3.92. The van der Waals surface area contributed by atoms with Crippen LogP contribution in [-0.4, -0.2) is 11.1 Å². The van der Waals surface area contributed by atoms with E-state index in [-0.39, 0.29) is 0 Å². The van der Waals surface area contributed by atoms with Crippen molar-refractivity contribution in [1.29, 1.82) is 0 Å². The Labute approximate surface area is 96.3 Å². The Hall–Kier alpha value is -1.31. The van der Waals surface area contributed by atoms with Crippen molar-refractivity contribution in [2.75, 3.05) is 0 Å². The van der Waals surface area contributed by atoms with Crippen molar-refractivity contribution in [3.8, 4) is 0 Å². The van der Waals surface area contributed by atoms with E-state index in [0.717, 1.165) is 18.4 Å². The summed E-state index contributed by atoms with van der Waals surface area (Å²) in [7, 11) is 0. The molecule has 86 valence electrons. The first-order chi connectivity index (χ1) is 7.52. The third kappa shape index (κ3) is 2.11. The minimum absolute atomic E-state index is 0.366. The second-order valence-electron chi connectivity index (χ2n) is 5.16.